The van der Waals surface area contributed by atoms with Gasteiger partial charge in [-0.2, -0.15) is 0 Å². The van der Waals surface area contributed by atoms with Gasteiger partial charge in [0, 0.05) is 19.1 Å². The largest absolute Gasteiger partial charge is 0.370 e. The van der Waals surface area contributed by atoms with E-state index in [2.05, 4.69) is 44.8 Å². The lowest BCUT2D eigenvalue weighted by Gasteiger charge is -2.42. The molecule has 1 rings (SSSR count). The van der Waals surface area contributed by atoms with E-state index in [4.69, 9.17) is 4.74 Å². The minimum atomic E-state index is 0.0130. The Balaban J connectivity index is 2.31. The van der Waals surface area contributed by atoms with Crippen molar-refractivity contribution in [2.75, 3.05) is 26.2 Å². The summed E-state index contributed by atoms with van der Waals surface area (Å²) >= 11 is 0. The molecule has 0 spiro atoms. The van der Waals surface area contributed by atoms with Gasteiger partial charge in [-0.3, -0.25) is 4.90 Å². The molecule has 0 aromatic carbocycles. The highest BCUT2D eigenvalue weighted by Gasteiger charge is 2.30. The van der Waals surface area contributed by atoms with Gasteiger partial charge in [-0.05, 0) is 47.2 Å². The summed E-state index contributed by atoms with van der Waals surface area (Å²) in [6.07, 6.45) is 1.58. The third-order valence-corrected chi connectivity index (χ3v) is 3.07. The first-order chi connectivity index (χ1) is 7.43. The van der Waals surface area contributed by atoms with Gasteiger partial charge in [-0.15, -0.1) is 0 Å². The summed E-state index contributed by atoms with van der Waals surface area (Å²) in [5.41, 5.74) is 0.0130. The fourth-order valence-electron chi connectivity index (χ4n) is 2.58. The Morgan fingerprint density at radius 1 is 1.50 bits per heavy atom. The van der Waals surface area contributed by atoms with Crippen LogP contribution in [0.5, 0.6) is 0 Å². The first-order valence-electron chi connectivity index (χ1n) is 6.56. The highest BCUT2D eigenvalue weighted by Crippen LogP contribution is 2.20. The molecule has 1 fully saturated rings. The van der Waals surface area contributed by atoms with Crippen LogP contribution in [-0.2, 0) is 4.74 Å². The monoisotopic (exact) mass is 228 g/mol. The van der Waals surface area contributed by atoms with Gasteiger partial charge in [0.05, 0.1) is 11.7 Å². The standard InChI is InChI=1S/C13H28N2O/c1-6-14-11(2)7-8-15-9-12(3)16-13(4,5)10-15/h11-12,14H,6-10H2,1-5H3. The molecule has 0 aliphatic carbocycles. The van der Waals surface area contributed by atoms with Crippen molar-refractivity contribution in [1.29, 1.82) is 0 Å². The van der Waals surface area contributed by atoms with Crippen LogP contribution in [0.25, 0.3) is 0 Å². The van der Waals surface area contributed by atoms with Crippen molar-refractivity contribution in [3.8, 4) is 0 Å². The van der Waals surface area contributed by atoms with E-state index in [1.165, 1.54) is 13.0 Å². The fraction of sp³-hybridized carbons (Fsp3) is 1.00. The van der Waals surface area contributed by atoms with Gasteiger partial charge in [0.1, 0.15) is 0 Å². The number of morpholine rings is 1. The normalized spacial score (nSPS) is 27.9. The smallest absolute Gasteiger partial charge is 0.0757 e. The quantitative estimate of drug-likeness (QED) is 0.777. The molecule has 0 saturated carbocycles. The van der Waals surface area contributed by atoms with Crippen molar-refractivity contribution in [1.82, 2.24) is 10.2 Å². The molecular formula is C13H28N2O. The van der Waals surface area contributed by atoms with E-state index < -0.39 is 0 Å². The molecule has 96 valence electrons. The molecule has 2 atom stereocenters. The summed E-state index contributed by atoms with van der Waals surface area (Å²) in [5, 5.41) is 3.46. The van der Waals surface area contributed by atoms with Crippen LogP contribution in [0, 0.1) is 0 Å². The van der Waals surface area contributed by atoms with Crippen molar-refractivity contribution >= 4 is 0 Å². The average molecular weight is 228 g/mol. The van der Waals surface area contributed by atoms with Crippen LogP contribution in [0.4, 0.5) is 0 Å². The van der Waals surface area contributed by atoms with Crippen LogP contribution < -0.4 is 5.32 Å². The maximum atomic E-state index is 5.90. The Kier molecular flexibility index (Phi) is 5.22. The number of hydrogen-bond donors (Lipinski definition) is 1. The number of nitrogens with zero attached hydrogens (tertiary/aromatic N) is 1. The minimum absolute atomic E-state index is 0.0130. The fourth-order valence-corrected chi connectivity index (χ4v) is 2.58. The molecule has 2 unspecified atom stereocenters. The summed E-state index contributed by atoms with van der Waals surface area (Å²) < 4.78 is 5.90. The van der Waals surface area contributed by atoms with E-state index in [0.717, 1.165) is 19.6 Å². The first kappa shape index (κ1) is 13.9. The summed E-state index contributed by atoms with van der Waals surface area (Å²) in [6, 6.07) is 0.617. The zero-order valence-corrected chi connectivity index (χ0v) is 11.5. The first-order valence-corrected chi connectivity index (χ1v) is 6.56. The number of hydrogen-bond acceptors (Lipinski definition) is 3. The van der Waals surface area contributed by atoms with E-state index >= 15 is 0 Å². The second kappa shape index (κ2) is 5.99. The van der Waals surface area contributed by atoms with Crippen LogP contribution in [-0.4, -0.2) is 48.8 Å². The molecule has 1 heterocycles. The minimum Gasteiger partial charge on any atom is -0.370 e. The third kappa shape index (κ3) is 4.81. The second-order valence-electron chi connectivity index (χ2n) is 5.67. The van der Waals surface area contributed by atoms with E-state index in [1.54, 1.807) is 0 Å². The lowest BCUT2D eigenvalue weighted by atomic mass is 10.0. The van der Waals surface area contributed by atoms with Gasteiger partial charge in [-0.25, -0.2) is 0 Å². The number of ether oxygens (including phenoxy) is 1. The molecule has 0 radical (unpaired) electrons. The molecular weight excluding hydrogens is 200 g/mol. The van der Waals surface area contributed by atoms with Crippen molar-refractivity contribution in [2.24, 2.45) is 0 Å². The SMILES string of the molecule is CCNC(C)CCN1CC(C)OC(C)(C)C1. The van der Waals surface area contributed by atoms with E-state index in [-0.39, 0.29) is 5.60 Å². The molecule has 1 aliphatic heterocycles. The topological polar surface area (TPSA) is 24.5 Å². The zero-order valence-electron chi connectivity index (χ0n) is 11.5. The molecule has 16 heavy (non-hydrogen) atoms. The summed E-state index contributed by atoms with van der Waals surface area (Å²) in [4.78, 5) is 2.53. The molecule has 0 aromatic heterocycles. The van der Waals surface area contributed by atoms with Gasteiger partial charge < -0.3 is 10.1 Å². The van der Waals surface area contributed by atoms with Crippen molar-refractivity contribution in [3.63, 3.8) is 0 Å². The van der Waals surface area contributed by atoms with Crippen molar-refractivity contribution < 1.29 is 4.74 Å². The van der Waals surface area contributed by atoms with Crippen molar-refractivity contribution in [2.45, 2.75) is 58.8 Å². The lowest BCUT2D eigenvalue weighted by Crippen LogP contribution is -2.52. The Bertz CT molecular complexity index is 206. The van der Waals surface area contributed by atoms with E-state index in [9.17, 15) is 0 Å². The predicted octanol–water partition coefficient (Wildman–Crippen LogP) is 1.87. The molecule has 3 nitrogen and oxygen atoms in total. The summed E-state index contributed by atoms with van der Waals surface area (Å²) in [7, 11) is 0. The second-order valence-corrected chi connectivity index (χ2v) is 5.67. The van der Waals surface area contributed by atoms with Crippen LogP contribution in [0.15, 0.2) is 0 Å². The van der Waals surface area contributed by atoms with Crippen molar-refractivity contribution in [3.05, 3.63) is 0 Å². The van der Waals surface area contributed by atoms with Crippen LogP contribution in [0.2, 0.25) is 0 Å². The van der Waals surface area contributed by atoms with Gasteiger partial charge in [0.25, 0.3) is 0 Å². The zero-order chi connectivity index (χ0) is 12.2. The molecule has 0 aromatic rings. The molecule has 3 heteroatoms. The maximum absolute atomic E-state index is 5.90. The Hall–Kier alpha value is -0.120. The molecule has 0 bridgehead atoms. The number of nitrogens with one attached hydrogen (secondary N) is 1. The molecule has 0 amide bonds. The number of rotatable bonds is 5. The van der Waals surface area contributed by atoms with E-state index in [1.807, 2.05) is 0 Å². The highest BCUT2D eigenvalue weighted by atomic mass is 16.5. The van der Waals surface area contributed by atoms with Gasteiger partial charge >= 0.3 is 0 Å². The highest BCUT2D eigenvalue weighted by molar-refractivity contribution is 4.82. The summed E-state index contributed by atoms with van der Waals surface area (Å²) in [5.74, 6) is 0. The predicted molar refractivity (Wildman–Crippen MR) is 68.8 cm³/mol. The van der Waals surface area contributed by atoms with Gasteiger partial charge in [-0.1, -0.05) is 6.92 Å². The van der Waals surface area contributed by atoms with Crippen LogP contribution >= 0.6 is 0 Å². The Morgan fingerprint density at radius 3 is 2.75 bits per heavy atom. The molecule has 1 N–H and O–H groups in total. The van der Waals surface area contributed by atoms with Gasteiger partial charge in [0.2, 0.25) is 0 Å². The third-order valence-electron chi connectivity index (χ3n) is 3.07. The summed E-state index contributed by atoms with van der Waals surface area (Å²) in [6.45, 7) is 15.3. The molecule has 1 aliphatic rings. The molecule has 1 saturated heterocycles. The van der Waals surface area contributed by atoms with Crippen LogP contribution in [0.3, 0.4) is 0 Å². The Labute approximate surface area is 101 Å². The average Bonchev–Trinajstić information content (AvgIpc) is 2.12. The van der Waals surface area contributed by atoms with Crippen LogP contribution in [0.1, 0.15) is 41.0 Å². The van der Waals surface area contributed by atoms with Gasteiger partial charge in [0.15, 0.2) is 0 Å². The lowest BCUT2D eigenvalue weighted by molar-refractivity contribution is -0.129. The Morgan fingerprint density at radius 2 is 2.19 bits per heavy atom. The van der Waals surface area contributed by atoms with E-state index in [0.29, 0.717) is 12.1 Å². The maximum Gasteiger partial charge on any atom is 0.0757 e.